The fourth-order valence-corrected chi connectivity index (χ4v) is 1.63. The van der Waals surface area contributed by atoms with E-state index in [0.717, 1.165) is 52.2 Å². The van der Waals surface area contributed by atoms with Crippen LogP contribution in [-0.4, -0.2) is 39.0 Å². The molecule has 3 nitrogen and oxygen atoms in total. The van der Waals surface area contributed by atoms with E-state index in [1.54, 1.807) is 0 Å². The Hall–Kier alpha value is -0.120. The van der Waals surface area contributed by atoms with Crippen LogP contribution in [0.2, 0.25) is 0 Å². The number of nitrogens with one attached hydrogen (secondary N) is 1. The highest BCUT2D eigenvalue weighted by Gasteiger charge is 2.09. The summed E-state index contributed by atoms with van der Waals surface area (Å²) in [6.45, 7) is 6.74. The van der Waals surface area contributed by atoms with Crippen molar-refractivity contribution < 1.29 is 9.47 Å². The van der Waals surface area contributed by atoms with E-state index in [0.29, 0.717) is 6.04 Å². The third-order valence-corrected chi connectivity index (χ3v) is 2.41. The second-order valence-corrected chi connectivity index (χ2v) is 3.83. The summed E-state index contributed by atoms with van der Waals surface area (Å²) in [6, 6.07) is 0.531. The van der Waals surface area contributed by atoms with Crippen LogP contribution in [0.15, 0.2) is 0 Å². The summed E-state index contributed by atoms with van der Waals surface area (Å²) in [6.07, 6.45) is 4.54. The van der Waals surface area contributed by atoms with Gasteiger partial charge in [-0.1, -0.05) is 6.92 Å². The molecule has 0 aromatic carbocycles. The van der Waals surface area contributed by atoms with E-state index < -0.39 is 0 Å². The molecule has 14 heavy (non-hydrogen) atoms. The Morgan fingerprint density at radius 2 is 2.21 bits per heavy atom. The van der Waals surface area contributed by atoms with Crippen LogP contribution >= 0.6 is 0 Å². The number of ether oxygens (including phenoxy) is 2. The third kappa shape index (κ3) is 5.58. The van der Waals surface area contributed by atoms with E-state index in [9.17, 15) is 0 Å². The molecular weight excluding hydrogens is 178 g/mol. The molecule has 0 aromatic heterocycles. The largest absolute Gasteiger partial charge is 0.381 e. The average Bonchev–Trinajstić information content (AvgIpc) is 2.32. The Bertz CT molecular complexity index is 120. The topological polar surface area (TPSA) is 30.5 Å². The number of rotatable bonds is 4. The lowest BCUT2D eigenvalue weighted by molar-refractivity contribution is 0.106. The van der Waals surface area contributed by atoms with Gasteiger partial charge in [-0.3, -0.25) is 0 Å². The quantitative estimate of drug-likeness (QED) is 0.700. The predicted molar refractivity (Wildman–Crippen MR) is 57.6 cm³/mol. The molecule has 1 aliphatic rings. The van der Waals surface area contributed by atoms with E-state index in [1.165, 1.54) is 6.42 Å². The van der Waals surface area contributed by atoms with Crippen LogP contribution in [0.1, 0.15) is 32.6 Å². The van der Waals surface area contributed by atoms with Crippen molar-refractivity contribution in [1.82, 2.24) is 5.32 Å². The van der Waals surface area contributed by atoms with Crippen molar-refractivity contribution in [2.75, 3.05) is 33.0 Å². The van der Waals surface area contributed by atoms with Gasteiger partial charge in [0.1, 0.15) is 0 Å². The number of hydrogen-bond acceptors (Lipinski definition) is 3. The van der Waals surface area contributed by atoms with Crippen molar-refractivity contribution in [3.8, 4) is 0 Å². The standard InChI is InChI=1S/C11H23NO2/c1-2-7-14-10-11-5-3-8-13-9-4-6-12-11/h11-12H,2-10H2,1H3. The van der Waals surface area contributed by atoms with Gasteiger partial charge in [0.2, 0.25) is 0 Å². The Kier molecular flexibility index (Phi) is 7.01. The van der Waals surface area contributed by atoms with E-state index >= 15 is 0 Å². The van der Waals surface area contributed by atoms with Crippen molar-refractivity contribution in [1.29, 1.82) is 0 Å². The zero-order valence-corrected chi connectivity index (χ0v) is 9.26. The van der Waals surface area contributed by atoms with Crippen LogP contribution in [0.25, 0.3) is 0 Å². The van der Waals surface area contributed by atoms with Gasteiger partial charge in [-0.25, -0.2) is 0 Å². The molecule has 0 saturated carbocycles. The molecule has 1 N–H and O–H groups in total. The second kappa shape index (κ2) is 8.21. The molecule has 1 rings (SSSR count). The van der Waals surface area contributed by atoms with Crippen LogP contribution < -0.4 is 5.32 Å². The van der Waals surface area contributed by atoms with Crippen molar-refractivity contribution in [3.63, 3.8) is 0 Å². The molecule has 1 fully saturated rings. The van der Waals surface area contributed by atoms with E-state index in [4.69, 9.17) is 9.47 Å². The fraction of sp³-hybridized carbons (Fsp3) is 1.00. The van der Waals surface area contributed by atoms with Gasteiger partial charge < -0.3 is 14.8 Å². The smallest absolute Gasteiger partial charge is 0.0619 e. The van der Waals surface area contributed by atoms with Crippen molar-refractivity contribution >= 4 is 0 Å². The summed E-state index contributed by atoms with van der Waals surface area (Å²) >= 11 is 0. The Morgan fingerprint density at radius 1 is 1.36 bits per heavy atom. The zero-order valence-electron chi connectivity index (χ0n) is 9.26. The maximum Gasteiger partial charge on any atom is 0.0619 e. The Balaban J connectivity index is 2.12. The summed E-state index contributed by atoms with van der Waals surface area (Å²) in [7, 11) is 0. The molecule has 0 bridgehead atoms. The summed E-state index contributed by atoms with van der Waals surface area (Å²) in [4.78, 5) is 0. The number of hydrogen-bond donors (Lipinski definition) is 1. The molecular formula is C11H23NO2. The van der Waals surface area contributed by atoms with Gasteiger partial charge in [-0.2, -0.15) is 0 Å². The first-order valence-corrected chi connectivity index (χ1v) is 5.82. The lowest BCUT2D eigenvalue weighted by Gasteiger charge is -2.17. The summed E-state index contributed by atoms with van der Waals surface area (Å²) in [5, 5.41) is 3.52. The minimum atomic E-state index is 0.531. The van der Waals surface area contributed by atoms with E-state index in [1.807, 2.05) is 0 Å². The SMILES string of the molecule is CCCOCC1CCCOCCCN1. The monoisotopic (exact) mass is 201 g/mol. The highest BCUT2D eigenvalue weighted by atomic mass is 16.5. The lowest BCUT2D eigenvalue weighted by Crippen LogP contribution is -2.34. The Labute approximate surface area is 87.2 Å². The molecule has 3 heteroatoms. The first-order chi connectivity index (χ1) is 6.93. The highest BCUT2D eigenvalue weighted by Crippen LogP contribution is 2.02. The Morgan fingerprint density at radius 3 is 3.07 bits per heavy atom. The third-order valence-electron chi connectivity index (χ3n) is 2.41. The van der Waals surface area contributed by atoms with Gasteiger partial charge >= 0.3 is 0 Å². The van der Waals surface area contributed by atoms with Crippen LogP contribution in [0.3, 0.4) is 0 Å². The molecule has 0 aliphatic carbocycles. The summed E-state index contributed by atoms with van der Waals surface area (Å²) < 4.78 is 11.0. The normalized spacial score (nSPS) is 25.1. The van der Waals surface area contributed by atoms with Crippen molar-refractivity contribution in [2.45, 2.75) is 38.6 Å². The molecule has 84 valence electrons. The van der Waals surface area contributed by atoms with E-state index in [2.05, 4.69) is 12.2 Å². The zero-order chi connectivity index (χ0) is 10.1. The predicted octanol–water partition coefficient (Wildman–Crippen LogP) is 1.57. The van der Waals surface area contributed by atoms with Crippen molar-refractivity contribution in [3.05, 3.63) is 0 Å². The molecule has 1 saturated heterocycles. The first kappa shape index (κ1) is 12.0. The molecule has 1 unspecified atom stereocenters. The van der Waals surface area contributed by atoms with E-state index in [-0.39, 0.29) is 0 Å². The van der Waals surface area contributed by atoms with Crippen LogP contribution in [0, 0.1) is 0 Å². The van der Waals surface area contributed by atoms with Gasteiger partial charge in [-0.15, -0.1) is 0 Å². The van der Waals surface area contributed by atoms with Gasteiger partial charge in [-0.05, 0) is 32.2 Å². The van der Waals surface area contributed by atoms with Gasteiger partial charge in [0.25, 0.3) is 0 Å². The summed E-state index contributed by atoms with van der Waals surface area (Å²) in [5.41, 5.74) is 0. The first-order valence-electron chi connectivity index (χ1n) is 5.82. The van der Waals surface area contributed by atoms with Crippen molar-refractivity contribution in [2.24, 2.45) is 0 Å². The lowest BCUT2D eigenvalue weighted by atomic mass is 10.2. The van der Waals surface area contributed by atoms with Crippen LogP contribution in [0.5, 0.6) is 0 Å². The molecule has 0 spiro atoms. The van der Waals surface area contributed by atoms with Gasteiger partial charge in [0.15, 0.2) is 0 Å². The molecule has 1 aliphatic heterocycles. The van der Waals surface area contributed by atoms with Crippen LogP contribution in [-0.2, 0) is 9.47 Å². The fourth-order valence-electron chi connectivity index (χ4n) is 1.63. The molecule has 0 aromatic rings. The molecule has 0 amide bonds. The maximum absolute atomic E-state index is 5.56. The second-order valence-electron chi connectivity index (χ2n) is 3.83. The molecule has 0 radical (unpaired) electrons. The minimum absolute atomic E-state index is 0.531. The summed E-state index contributed by atoms with van der Waals surface area (Å²) in [5.74, 6) is 0. The highest BCUT2D eigenvalue weighted by molar-refractivity contribution is 4.67. The average molecular weight is 201 g/mol. The minimum Gasteiger partial charge on any atom is -0.381 e. The van der Waals surface area contributed by atoms with Crippen LogP contribution in [0.4, 0.5) is 0 Å². The van der Waals surface area contributed by atoms with Gasteiger partial charge in [0.05, 0.1) is 6.61 Å². The maximum atomic E-state index is 5.56. The molecule has 1 heterocycles. The molecule has 1 atom stereocenters. The van der Waals surface area contributed by atoms with Gasteiger partial charge in [0, 0.05) is 25.9 Å².